The van der Waals surface area contributed by atoms with Crippen molar-refractivity contribution in [3.05, 3.63) is 62.0 Å². The maximum atomic E-state index is 12.6. The summed E-state index contributed by atoms with van der Waals surface area (Å²) < 4.78 is 15.9. The van der Waals surface area contributed by atoms with Crippen LogP contribution in [0.5, 0.6) is 17.2 Å². The molecule has 1 aromatic carbocycles. The fourth-order valence-electron chi connectivity index (χ4n) is 2.71. The number of aliphatic hydroxyl groups is 1. The second kappa shape index (κ2) is 9.09. The van der Waals surface area contributed by atoms with Gasteiger partial charge in [-0.2, -0.15) is 11.3 Å². The zero-order valence-corrected chi connectivity index (χ0v) is 17.4. The Morgan fingerprint density at radius 1 is 1.11 bits per heavy atom. The van der Waals surface area contributed by atoms with Crippen LogP contribution >= 0.6 is 22.7 Å². The first-order valence-corrected chi connectivity index (χ1v) is 10.2. The first-order valence-electron chi connectivity index (χ1n) is 8.44. The lowest BCUT2D eigenvalue weighted by Crippen LogP contribution is -2.22. The van der Waals surface area contributed by atoms with E-state index in [9.17, 15) is 9.90 Å². The molecule has 1 amide bonds. The number of rotatable bonds is 8. The van der Waals surface area contributed by atoms with Gasteiger partial charge < -0.3 is 24.6 Å². The molecular formula is C20H21NO5S2. The summed E-state index contributed by atoms with van der Waals surface area (Å²) in [5.41, 5.74) is 1.28. The zero-order chi connectivity index (χ0) is 20.1. The van der Waals surface area contributed by atoms with Gasteiger partial charge in [-0.3, -0.25) is 4.79 Å². The molecule has 1 atom stereocenters. The molecule has 0 aliphatic heterocycles. The molecule has 148 valence electrons. The highest BCUT2D eigenvalue weighted by Crippen LogP contribution is 2.38. The molecule has 28 heavy (non-hydrogen) atoms. The van der Waals surface area contributed by atoms with Crippen molar-refractivity contribution in [3.8, 4) is 17.2 Å². The third kappa shape index (κ3) is 4.30. The predicted molar refractivity (Wildman–Crippen MR) is 110 cm³/mol. The molecule has 1 unspecified atom stereocenters. The normalized spacial score (nSPS) is 11.7. The molecule has 3 aromatic rings. The average Bonchev–Trinajstić information content (AvgIpc) is 3.42. The number of benzene rings is 1. The van der Waals surface area contributed by atoms with E-state index in [2.05, 4.69) is 5.32 Å². The molecule has 3 rings (SSSR count). The van der Waals surface area contributed by atoms with Crippen molar-refractivity contribution >= 4 is 28.6 Å². The molecule has 2 aromatic heterocycles. The lowest BCUT2D eigenvalue weighted by molar-refractivity contribution is 0.0950. The van der Waals surface area contributed by atoms with E-state index in [1.54, 1.807) is 23.5 Å². The van der Waals surface area contributed by atoms with Crippen molar-refractivity contribution in [1.29, 1.82) is 0 Å². The third-order valence-corrected chi connectivity index (χ3v) is 6.00. The lowest BCUT2D eigenvalue weighted by Gasteiger charge is -2.14. The number of amides is 1. The molecule has 8 heteroatoms. The Labute approximate surface area is 171 Å². The summed E-state index contributed by atoms with van der Waals surface area (Å²) in [6, 6.07) is 8.91. The summed E-state index contributed by atoms with van der Waals surface area (Å²) in [6.45, 7) is 0.358. The minimum absolute atomic E-state index is 0.257. The van der Waals surface area contributed by atoms with Crippen LogP contribution in [0.3, 0.4) is 0 Å². The van der Waals surface area contributed by atoms with Crippen molar-refractivity contribution in [2.24, 2.45) is 0 Å². The van der Waals surface area contributed by atoms with Gasteiger partial charge >= 0.3 is 0 Å². The van der Waals surface area contributed by atoms with Crippen LogP contribution in [0.1, 0.15) is 31.8 Å². The molecular weight excluding hydrogens is 398 g/mol. The van der Waals surface area contributed by atoms with Gasteiger partial charge in [0.15, 0.2) is 11.5 Å². The van der Waals surface area contributed by atoms with Gasteiger partial charge in [-0.15, -0.1) is 11.3 Å². The van der Waals surface area contributed by atoms with E-state index in [-0.39, 0.29) is 5.91 Å². The topological polar surface area (TPSA) is 77.0 Å². The summed E-state index contributed by atoms with van der Waals surface area (Å²) in [6.07, 6.45) is -0.643. The predicted octanol–water partition coefficient (Wildman–Crippen LogP) is 3.85. The number of thiophene rings is 2. The fraction of sp³-hybridized carbons (Fsp3) is 0.250. The number of hydrogen-bond acceptors (Lipinski definition) is 7. The Hall–Kier alpha value is -2.55. The van der Waals surface area contributed by atoms with E-state index in [1.165, 1.54) is 32.7 Å². The van der Waals surface area contributed by atoms with Gasteiger partial charge in [0.05, 0.1) is 27.9 Å². The molecule has 0 fully saturated rings. The summed E-state index contributed by atoms with van der Waals surface area (Å²) in [5.74, 6) is 1.02. The second-order valence-electron chi connectivity index (χ2n) is 5.86. The molecule has 2 N–H and O–H groups in total. The molecule has 0 bridgehead atoms. The molecule has 0 aliphatic carbocycles. The monoisotopic (exact) mass is 419 g/mol. The zero-order valence-electron chi connectivity index (χ0n) is 15.7. The van der Waals surface area contributed by atoms with Crippen molar-refractivity contribution in [3.63, 3.8) is 0 Å². The molecule has 0 spiro atoms. The van der Waals surface area contributed by atoms with E-state index < -0.39 is 6.10 Å². The second-order valence-corrected chi connectivity index (χ2v) is 7.84. The molecule has 0 saturated carbocycles. The number of aliphatic hydroxyl groups excluding tert-OH is 1. The Kier molecular flexibility index (Phi) is 6.56. The first kappa shape index (κ1) is 20.2. The molecule has 0 radical (unpaired) electrons. The number of ether oxygens (including phenoxy) is 3. The van der Waals surface area contributed by atoms with Gasteiger partial charge in [0.25, 0.3) is 5.91 Å². The Balaban J connectivity index is 1.69. The number of hydrogen-bond donors (Lipinski definition) is 2. The minimum Gasteiger partial charge on any atom is -0.493 e. The highest BCUT2D eigenvalue weighted by molar-refractivity contribution is 7.12. The van der Waals surface area contributed by atoms with Crippen molar-refractivity contribution < 1.29 is 24.1 Å². The van der Waals surface area contributed by atoms with Gasteiger partial charge in [0, 0.05) is 15.3 Å². The average molecular weight is 420 g/mol. The Morgan fingerprint density at radius 2 is 1.82 bits per heavy atom. The van der Waals surface area contributed by atoms with Crippen LogP contribution in [0, 0.1) is 0 Å². The maximum absolute atomic E-state index is 12.6. The highest BCUT2D eigenvalue weighted by atomic mass is 32.1. The molecule has 0 aliphatic rings. The fourth-order valence-corrected chi connectivity index (χ4v) is 4.36. The van der Waals surface area contributed by atoms with E-state index >= 15 is 0 Å². The van der Waals surface area contributed by atoms with Gasteiger partial charge in [0.1, 0.15) is 6.10 Å². The van der Waals surface area contributed by atoms with Gasteiger partial charge in [-0.05, 0) is 46.7 Å². The molecule has 6 nitrogen and oxygen atoms in total. The number of carbonyl (C=O) groups excluding carboxylic acids is 1. The lowest BCUT2D eigenvalue weighted by atomic mass is 10.1. The first-order chi connectivity index (χ1) is 13.6. The van der Waals surface area contributed by atoms with Crippen LogP contribution in [-0.4, -0.2) is 32.3 Å². The molecule has 2 heterocycles. The summed E-state index contributed by atoms with van der Waals surface area (Å²) in [4.78, 5) is 14.4. The van der Waals surface area contributed by atoms with Gasteiger partial charge in [0.2, 0.25) is 5.75 Å². The van der Waals surface area contributed by atoms with Crippen molar-refractivity contribution in [2.45, 2.75) is 12.6 Å². The number of carbonyl (C=O) groups is 1. The summed E-state index contributed by atoms with van der Waals surface area (Å²) in [5, 5.41) is 17.1. The van der Waals surface area contributed by atoms with E-state index in [0.717, 1.165) is 15.3 Å². The maximum Gasteiger partial charge on any atom is 0.251 e. The minimum atomic E-state index is -0.643. The quantitative estimate of drug-likeness (QED) is 0.580. The van der Waals surface area contributed by atoms with Gasteiger partial charge in [-0.25, -0.2) is 0 Å². The Morgan fingerprint density at radius 3 is 2.39 bits per heavy atom. The van der Waals surface area contributed by atoms with E-state index in [1.807, 2.05) is 29.0 Å². The smallest absolute Gasteiger partial charge is 0.251 e. The van der Waals surface area contributed by atoms with Crippen LogP contribution < -0.4 is 19.5 Å². The standard InChI is InChI=1S/C20H21NO5S2/c1-24-15-8-13(9-16(25-2)19(15)26-3)20(23)21-10-14-4-5-17(28-14)18(22)12-6-7-27-11-12/h4-9,11,18,22H,10H2,1-3H3,(H,21,23). The van der Waals surface area contributed by atoms with Crippen molar-refractivity contribution in [2.75, 3.05) is 21.3 Å². The van der Waals surface area contributed by atoms with Crippen LogP contribution in [0.15, 0.2) is 41.1 Å². The summed E-state index contributed by atoms with van der Waals surface area (Å²) >= 11 is 3.02. The van der Waals surface area contributed by atoms with Crippen LogP contribution in [0.2, 0.25) is 0 Å². The molecule has 0 saturated heterocycles. The van der Waals surface area contributed by atoms with E-state index in [0.29, 0.717) is 29.4 Å². The largest absolute Gasteiger partial charge is 0.493 e. The summed E-state index contributed by atoms with van der Waals surface area (Å²) in [7, 11) is 4.52. The van der Waals surface area contributed by atoms with Crippen LogP contribution in [-0.2, 0) is 6.54 Å². The SMILES string of the molecule is COc1cc(C(=O)NCc2ccc(C(O)c3ccsc3)s2)cc(OC)c1OC. The van der Waals surface area contributed by atoms with Gasteiger partial charge in [-0.1, -0.05) is 0 Å². The Bertz CT molecular complexity index is 911. The van der Waals surface area contributed by atoms with Crippen LogP contribution in [0.25, 0.3) is 0 Å². The number of methoxy groups -OCH3 is 3. The highest BCUT2D eigenvalue weighted by Gasteiger charge is 2.18. The van der Waals surface area contributed by atoms with Crippen molar-refractivity contribution in [1.82, 2.24) is 5.32 Å². The number of nitrogens with one attached hydrogen (secondary N) is 1. The van der Waals surface area contributed by atoms with Crippen LogP contribution in [0.4, 0.5) is 0 Å². The third-order valence-electron chi connectivity index (χ3n) is 4.16. The van der Waals surface area contributed by atoms with E-state index in [4.69, 9.17) is 14.2 Å².